The van der Waals surface area contributed by atoms with E-state index < -0.39 is 5.41 Å². The van der Waals surface area contributed by atoms with Crippen molar-refractivity contribution in [3.63, 3.8) is 0 Å². The summed E-state index contributed by atoms with van der Waals surface area (Å²) < 4.78 is 11.6. The molecule has 0 aromatic carbocycles. The highest BCUT2D eigenvalue weighted by Crippen LogP contribution is 2.45. The molecule has 4 nitrogen and oxygen atoms in total. The Kier molecular flexibility index (Phi) is 6.70. The van der Waals surface area contributed by atoms with Crippen LogP contribution in [0.5, 0.6) is 0 Å². The number of hydrogen-bond donors (Lipinski definition) is 0. The largest absolute Gasteiger partial charge is 0.461 e. The molecule has 29 heavy (non-hydrogen) atoms. The molecule has 2 aliphatic carbocycles. The van der Waals surface area contributed by atoms with E-state index in [4.69, 9.17) is 9.47 Å². The summed E-state index contributed by atoms with van der Waals surface area (Å²) in [6, 6.07) is 0. The van der Waals surface area contributed by atoms with Crippen molar-refractivity contribution in [2.75, 3.05) is 0 Å². The van der Waals surface area contributed by atoms with Gasteiger partial charge in [0.1, 0.15) is 12.2 Å². The number of esters is 2. The lowest BCUT2D eigenvalue weighted by molar-refractivity contribution is -0.165. The Morgan fingerprint density at radius 3 is 2.69 bits per heavy atom. The van der Waals surface area contributed by atoms with Crippen LogP contribution in [0.3, 0.4) is 0 Å². The maximum atomic E-state index is 12.8. The normalized spacial score (nSPS) is 34.2. The molecular formula is C25H36O4. The average molecular weight is 401 g/mol. The molecule has 4 heteroatoms. The van der Waals surface area contributed by atoms with E-state index in [9.17, 15) is 9.59 Å². The number of fused-ring (bicyclic) bond motifs is 1. The van der Waals surface area contributed by atoms with Crippen LogP contribution in [-0.4, -0.2) is 24.1 Å². The minimum atomic E-state index is -0.460. The molecule has 0 N–H and O–H groups in total. The number of carbonyl (C=O) groups is 2. The fourth-order valence-electron chi connectivity index (χ4n) is 4.79. The first-order valence-electron chi connectivity index (χ1n) is 11.2. The maximum absolute atomic E-state index is 12.8. The van der Waals surface area contributed by atoms with Crippen LogP contribution in [0.25, 0.3) is 0 Å². The molecule has 3 rings (SSSR count). The van der Waals surface area contributed by atoms with E-state index in [0.29, 0.717) is 17.8 Å². The van der Waals surface area contributed by atoms with E-state index in [2.05, 4.69) is 32.1 Å². The quantitative estimate of drug-likeness (QED) is 0.561. The summed E-state index contributed by atoms with van der Waals surface area (Å²) in [4.78, 5) is 24.4. The zero-order valence-electron chi connectivity index (χ0n) is 18.5. The Morgan fingerprint density at radius 2 is 2.00 bits per heavy atom. The number of hydrogen-bond acceptors (Lipinski definition) is 4. The second kappa shape index (κ2) is 8.89. The van der Waals surface area contributed by atoms with Crippen LogP contribution in [0.4, 0.5) is 0 Å². The van der Waals surface area contributed by atoms with Crippen LogP contribution in [0, 0.1) is 29.1 Å². The molecule has 0 saturated heterocycles. The summed E-state index contributed by atoms with van der Waals surface area (Å²) in [5.41, 5.74) is 0.846. The molecular weight excluding hydrogens is 364 g/mol. The highest BCUT2D eigenvalue weighted by atomic mass is 16.5. The number of ether oxygens (including phenoxy) is 2. The summed E-state index contributed by atoms with van der Waals surface area (Å²) in [5.74, 6) is 1.07. The average Bonchev–Trinajstić information content (AvgIpc) is 2.67. The molecule has 0 amide bonds. The summed E-state index contributed by atoms with van der Waals surface area (Å²) in [7, 11) is 0. The van der Waals surface area contributed by atoms with Gasteiger partial charge in [0.05, 0.1) is 5.41 Å². The number of rotatable bonds is 6. The first-order valence-corrected chi connectivity index (χ1v) is 11.2. The molecule has 0 radical (unpaired) electrons. The van der Waals surface area contributed by atoms with Crippen molar-refractivity contribution in [3.8, 4) is 0 Å². The standard InChI is InChI=1S/C25H36O4/c1-6-25(4,5)24(27)29-21-15-16(2)14-18-11-10-17(3)20(23(18)21)13-12-19-8-7-9-22(26)28-19/h7,9-11,14,16-17,19-21,23H,6,8,12-13,15H2,1-5H3/t16-,17-,19+,20-,21-,23+/m0/s1. The third-order valence-electron chi connectivity index (χ3n) is 7.05. The molecule has 0 aromatic heterocycles. The van der Waals surface area contributed by atoms with Crippen LogP contribution in [0.1, 0.15) is 66.7 Å². The molecule has 160 valence electrons. The lowest BCUT2D eigenvalue weighted by Gasteiger charge is -2.44. The molecule has 3 aliphatic rings. The predicted octanol–water partition coefficient (Wildman–Crippen LogP) is 5.39. The lowest BCUT2D eigenvalue weighted by atomic mass is 9.65. The van der Waals surface area contributed by atoms with Crippen LogP contribution < -0.4 is 0 Å². The zero-order chi connectivity index (χ0) is 21.2. The number of allylic oxidation sites excluding steroid dienone is 3. The van der Waals surface area contributed by atoms with Gasteiger partial charge in [0.15, 0.2) is 0 Å². The van der Waals surface area contributed by atoms with Crippen LogP contribution >= 0.6 is 0 Å². The van der Waals surface area contributed by atoms with Crippen molar-refractivity contribution in [3.05, 3.63) is 36.0 Å². The molecule has 6 atom stereocenters. The Hall–Kier alpha value is -1.84. The monoisotopic (exact) mass is 400 g/mol. The van der Waals surface area contributed by atoms with E-state index >= 15 is 0 Å². The van der Waals surface area contributed by atoms with Gasteiger partial charge in [0.2, 0.25) is 0 Å². The lowest BCUT2D eigenvalue weighted by Crippen LogP contribution is -2.43. The van der Waals surface area contributed by atoms with Crippen LogP contribution in [-0.2, 0) is 19.1 Å². The Balaban J connectivity index is 1.77. The molecule has 1 heterocycles. The second-order valence-corrected chi connectivity index (χ2v) is 9.74. The van der Waals surface area contributed by atoms with Gasteiger partial charge in [-0.05, 0) is 62.9 Å². The van der Waals surface area contributed by atoms with Crippen molar-refractivity contribution in [2.24, 2.45) is 29.1 Å². The SMILES string of the molecule is CCC(C)(C)C(=O)O[C@H]1C[C@@H](C)C=C2C=C[C@H](C)[C@H](CC[C@H]3CC=CC(=O)O3)[C@@H]21. The van der Waals surface area contributed by atoms with E-state index in [1.165, 1.54) is 11.6 Å². The van der Waals surface area contributed by atoms with E-state index in [-0.39, 0.29) is 30.1 Å². The van der Waals surface area contributed by atoms with Gasteiger partial charge >= 0.3 is 11.9 Å². The third kappa shape index (κ3) is 5.02. The Bertz CT molecular complexity index is 714. The summed E-state index contributed by atoms with van der Waals surface area (Å²) >= 11 is 0. The van der Waals surface area contributed by atoms with E-state index in [1.807, 2.05) is 26.8 Å². The molecule has 0 spiro atoms. The van der Waals surface area contributed by atoms with Gasteiger partial charge < -0.3 is 9.47 Å². The first kappa shape index (κ1) is 21.9. The van der Waals surface area contributed by atoms with Crippen molar-refractivity contribution in [2.45, 2.75) is 78.9 Å². The van der Waals surface area contributed by atoms with Gasteiger partial charge in [-0.3, -0.25) is 4.79 Å². The maximum Gasteiger partial charge on any atom is 0.330 e. The van der Waals surface area contributed by atoms with Crippen molar-refractivity contribution >= 4 is 11.9 Å². The fraction of sp³-hybridized carbons (Fsp3) is 0.680. The second-order valence-electron chi connectivity index (χ2n) is 9.74. The topological polar surface area (TPSA) is 52.6 Å². The predicted molar refractivity (Wildman–Crippen MR) is 114 cm³/mol. The smallest absolute Gasteiger partial charge is 0.330 e. The third-order valence-corrected chi connectivity index (χ3v) is 7.05. The molecule has 0 bridgehead atoms. The Labute approximate surface area is 175 Å². The van der Waals surface area contributed by atoms with Gasteiger partial charge in [-0.1, -0.05) is 45.1 Å². The highest BCUT2D eigenvalue weighted by Gasteiger charge is 2.43. The van der Waals surface area contributed by atoms with Gasteiger partial charge in [0.25, 0.3) is 0 Å². The van der Waals surface area contributed by atoms with Crippen molar-refractivity contribution < 1.29 is 19.1 Å². The minimum absolute atomic E-state index is 0.0411. The number of cyclic esters (lactones) is 1. The van der Waals surface area contributed by atoms with Crippen LogP contribution in [0.2, 0.25) is 0 Å². The van der Waals surface area contributed by atoms with Gasteiger partial charge in [0, 0.05) is 18.4 Å². The molecule has 0 aromatic rings. The summed E-state index contributed by atoms with van der Waals surface area (Å²) in [6.07, 6.45) is 14.4. The summed E-state index contributed by atoms with van der Waals surface area (Å²) in [6.45, 7) is 10.4. The molecule has 0 saturated carbocycles. The Morgan fingerprint density at radius 1 is 1.24 bits per heavy atom. The summed E-state index contributed by atoms with van der Waals surface area (Å²) in [5, 5.41) is 0. The van der Waals surface area contributed by atoms with Gasteiger partial charge in [-0.15, -0.1) is 0 Å². The van der Waals surface area contributed by atoms with E-state index in [0.717, 1.165) is 32.1 Å². The van der Waals surface area contributed by atoms with E-state index in [1.54, 1.807) is 0 Å². The highest BCUT2D eigenvalue weighted by molar-refractivity contribution is 5.82. The van der Waals surface area contributed by atoms with Gasteiger partial charge in [-0.25, -0.2) is 4.79 Å². The molecule has 0 fully saturated rings. The van der Waals surface area contributed by atoms with Gasteiger partial charge in [-0.2, -0.15) is 0 Å². The van der Waals surface area contributed by atoms with Crippen molar-refractivity contribution in [1.82, 2.24) is 0 Å². The molecule has 1 aliphatic heterocycles. The first-order chi connectivity index (χ1) is 13.7. The molecule has 0 unspecified atom stereocenters. The zero-order valence-corrected chi connectivity index (χ0v) is 18.5. The minimum Gasteiger partial charge on any atom is -0.461 e. The number of carbonyl (C=O) groups excluding carboxylic acids is 2. The fourth-order valence-corrected chi connectivity index (χ4v) is 4.79. The van der Waals surface area contributed by atoms with Crippen molar-refractivity contribution in [1.29, 1.82) is 0 Å². The van der Waals surface area contributed by atoms with Crippen LogP contribution in [0.15, 0.2) is 36.0 Å².